The van der Waals surface area contributed by atoms with Crippen LogP contribution < -0.4 is 15.5 Å². The van der Waals surface area contributed by atoms with Crippen molar-refractivity contribution in [1.82, 2.24) is 0 Å². The van der Waals surface area contributed by atoms with E-state index in [1.54, 1.807) is 24.3 Å². The van der Waals surface area contributed by atoms with Crippen LogP contribution in [0.15, 0.2) is 36.4 Å². The van der Waals surface area contributed by atoms with Gasteiger partial charge in [0.1, 0.15) is 0 Å². The average Bonchev–Trinajstić information content (AvgIpc) is 3.05. The van der Waals surface area contributed by atoms with Gasteiger partial charge in [-0.1, -0.05) is 11.6 Å². The Hall–Kier alpha value is -2.86. The van der Waals surface area contributed by atoms with Crippen LogP contribution in [-0.2, 0) is 27.2 Å². The van der Waals surface area contributed by atoms with Crippen molar-refractivity contribution in [1.29, 1.82) is 0 Å². The number of nitrogens with one attached hydrogen (secondary N) is 2. The van der Waals surface area contributed by atoms with E-state index in [-0.39, 0.29) is 5.91 Å². The predicted octanol–water partition coefficient (Wildman–Crippen LogP) is 2.75. The number of carbonyl (C=O) groups excluding carboxylic acids is 3. The first-order valence-corrected chi connectivity index (χ1v) is 8.73. The van der Waals surface area contributed by atoms with Gasteiger partial charge in [-0.15, -0.1) is 0 Å². The van der Waals surface area contributed by atoms with Crippen LogP contribution in [0, 0.1) is 0 Å². The Morgan fingerprint density at radius 3 is 2.19 bits per heavy atom. The fourth-order valence-electron chi connectivity index (χ4n) is 3.44. The van der Waals surface area contributed by atoms with Gasteiger partial charge in [-0.05, 0) is 60.4 Å². The fraction of sp³-hybridized carbons (Fsp3) is 0.211. The standard InChI is InChI=1S/C19H16ClN3O3/c20-13-2-4-14(5-3-13)21-18(25)19(26)22-15-9-11-1-6-16(24)23-8-7-12(10-15)17(11)23/h2-5,9-10H,1,6-8H2,(H,21,25)(H,22,26). The molecule has 0 aliphatic carbocycles. The van der Waals surface area contributed by atoms with Crippen molar-refractivity contribution in [3.8, 4) is 0 Å². The van der Waals surface area contributed by atoms with E-state index in [1.165, 1.54) is 0 Å². The van der Waals surface area contributed by atoms with Crippen molar-refractivity contribution in [2.75, 3.05) is 22.1 Å². The fourth-order valence-corrected chi connectivity index (χ4v) is 3.56. The number of amides is 3. The third kappa shape index (κ3) is 3.04. The largest absolute Gasteiger partial charge is 0.318 e. The quantitative estimate of drug-likeness (QED) is 0.799. The molecule has 132 valence electrons. The van der Waals surface area contributed by atoms with E-state index >= 15 is 0 Å². The van der Waals surface area contributed by atoms with Gasteiger partial charge in [0.25, 0.3) is 0 Å². The van der Waals surface area contributed by atoms with Crippen molar-refractivity contribution < 1.29 is 14.4 Å². The zero-order valence-electron chi connectivity index (χ0n) is 13.8. The second-order valence-electron chi connectivity index (χ2n) is 6.35. The molecule has 2 heterocycles. The Labute approximate surface area is 155 Å². The summed E-state index contributed by atoms with van der Waals surface area (Å²) in [6, 6.07) is 10.2. The smallest absolute Gasteiger partial charge is 0.314 e. The lowest BCUT2D eigenvalue weighted by atomic mass is 9.98. The van der Waals surface area contributed by atoms with E-state index in [0.717, 1.165) is 23.2 Å². The molecule has 4 rings (SSSR count). The summed E-state index contributed by atoms with van der Waals surface area (Å²) in [5, 5.41) is 5.73. The van der Waals surface area contributed by atoms with E-state index in [0.29, 0.717) is 35.8 Å². The number of hydrogen-bond acceptors (Lipinski definition) is 3. The van der Waals surface area contributed by atoms with Crippen LogP contribution >= 0.6 is 11.6 Å². The van der Waals surface area contributed by atoms with Crippen molar-refractivity contribution in [3.63, 3.8) is 0 Å². The van der Waals surface area contributed by atoms with E-state index < -0.39 is 11.8 Å². The lowest BCUT2D eigenvalue weighted by Gasteiger charge is -2.25. The Kier molecular flexibility index (Phi) is 4.12. The molecule has 0 fully saturated rings. The molecule has 0 radical (unpaired) electrons. The van der Waals surface area contributed by atoms with Crippen LogP contribution in [0.2, 0.25) is 5.02 Å². The van der Waals surface area contributed by atoms with Crippen molar-refractivity contribution in [3.05, 3.63) is 52.5 Å². The molecule has 0 saturated carbocycles. The number of hydrogen-bond donors (Lipinski definition) is 2. The highest BCUT2D eigenvalue weighted by Crippen LogP contribution is 2.38. The van der Waals surface area contributed by atoms with Gasteiger partial charge in [0, 0.05) is 29.4 Å². The molecule has 2 aromatic rings. The van der Waals surface area contributed by atoms with Gasteiger partial charge in [0.05, 0.1) is 5.69 Å². The van der Waals surface area contributed by atoms with E-state index in [1.807, 2.05) is 17.0 Å². The van der Waals surface area contributed by atoms with E-state index in [4.69, 9.17) is 11.6 Å². The molecular formula is C19H16ClN3O3. The third-order valence-corrected chi connectivity index (χ3v) is 4.87. The topological polar surface area (TPSA) is 78.5 Å². The van der Waals surface area contributed by atoms with Crippen LogP contribution in [0.1, 0.15) is 17.5 Å². The maximum Gasteiger partial charge on any atom is 0.314 e. The molecule has 0 atom stereocenters. The summed E-state index contributed by atoms with van der Waals surface area (Å²) in [5.41, 5.74) is 4.11. The predicted molar refractivity (Wildman–Crippen MR) is 99.5 cm³/mol. The Morgan fingerprint density at radius 2 is 1.50 bits per heavy atom. The number of halogens is 1. The second-order valence-corrected chi connectivity index (χ2v) is 6.79. The highest BCUT2D eigenvalue weighted by atomic mass is 35.5. The van der Waals surface area contributed by atoms with Crippen molar-refractivity contribution in [2.24, 2.45) is 0 Å². The highest BCUT2D eigenvalue weighted by Gasteiger charge is 2.31. The normalized spacial score (nSPS) is 14.8. The first kappa shape index (κ1) is 16.6. The van der Waals surface area contributed by atoms with Gasteiger partial charge in [-0.2, -0.15) is 0 Å². The number of nitrogens with zero attached hydrogens (tertiary/aromatic N) is 1. The first-order chi connectivity index (χ1) is 12.5. The Balaban J connectivity index is 1.49. The molecule has 0 aromatic heterocycles. The van der Waals surface area contributed by atoms with Crippen molar-refractivity contribution >= 4 is 46.4 Å². The minimum absolute atomic E-state index is 0.148. The van der Waals surface area contributed by atoms with Crippen LogP contribution in [-0.4, -0.2) is 24.3 Å². The monoisotopic (exact) mass is 369 g/mol. The molecule has 0 unspecified atom stereocenters. The molecule has 0 saturated heterocycles. The molecule has 3 amide bonds. The molecule has 7 heteroatoms. The molecule has 0 bridgehead atoms. The summed E-state index contributed by atoms with van der Waals surface area (Å²) >= 11 is 5.80. The van der Waals surface area contributed by atoms with Gasteiger partial charge < -0.3 is 15.5 Å². The lowest BCUT2D eigenvalue weighted by molar-refractivity contribution is -0.132. The Bertz CT molecular complexity index is 924. The van der Waals surface area contributed by atoms with Gasteiger partial charge in [-0.25, -0.2) is 0 Å². The van der Waals surface area contributed by atoms with Gasteiger partial charge >= 0.3 is 11.8 Å². The summed E-state index contributed by atoms with van der Waals surface area (Å²) in [7, 11) is 0. The van der Waals surface area contributed by atoms with Crippen LogP contribution in [0.4, 0.5) is 17.1 Å². The van der Waals surface area contributed by atoms with Crippen LogP contribution in [0.3, 0.4) is 0 Å². The first-order valence-electron chi connectivity index (χ1n) is 8.35. The van der Waals surface area contributed by atoms with Gasteiger partial charge in [0.2, 0.25) is 5.91 Å². The lowest BCUT2D eigenvalue weighted by Crippen LogP contribution is -2.33. The summed E-state index contributed by atoms with van der Waals surface area (Å²) in [4.78, 5) is 38.1. The average molecular weight is 370 g/mol. The second kappa shape index (κ2) is 6.46. The maximum atomic E-state index is 12.2. The zero-order valence-corrected chi connectivity index (χ0v) is 14.6. The molecule has 2 N–H and O–H groups in total. The molecular weight excluding hydrogens is 354 g/mol. The molecule has 2 aliphatic heterocycles. The summed E-state index contributed by atoms with van der Waals surface area (Å²) in [6.45, 7) is 0.676. The van der Waals surface area contributed by atoms with Crippen molar-refractivity contribution in [2.45, 2.75) is 19.3 Å². The van der Waals surface area contributed by atoms with Crippen LogP contribution in [0.25, 0.3) is 0 Å². The highest BCUT2D eigenvalue weighted by molar-refractivity contribution is 6.43. The summed E-state index contributed by atoms with van der Waals surface area (Å²) in [5.74, 6) is -1.34. The zero-order chi connectivity index (χ0) is 18.3. The van der Waals surface area contributed by atoms with Gasteiger partial charge in [-0.3, -0.25) is 14.4 Å². The van der Waals surface area contributed by atoms with E-state index in [2.05, 4.69) is 10.6 Å². The number of anilines is 3. The molecule has 2 aliphatic rings. The number of aryl methyl sites for hydroxylation is 1. The number of rotatable bonds is 2. The Morgan fingerprint density at radius 1 is 0.885 bits per heavy atom. The minimum Gasteiger partial charge on any atom is -0.318 e. The molecule has 6 nitrogen and oxygen atoms in total. The number of carbonyl (C=O) groups is 3. The maximum absolute atomic E-state index is 12.2. The molecule has 26 heavy (non-hydrogen) atoms. The van der Waals surface area contributed by atoms with Crippen LogP contribution in [0.5, 0.6) is 0 Å². The minimum atomic E-state index is -0.752. The number of benzene rings is 2. The summed E-state index contributed by atoms with van der Waals surface area (Å²) < 4.78 is 0. The van der Waals surface area contributed by atoms with Gasteiger partial charge in [0.15, 0.2) is 0 Å². The summed E-state index contributed by atoms with van der Waals surface area (Å²) in [6.07, 6.45) is 1.88. The molecule has 2 aromatic carbocycles. The van der Waals surface area contributed by atoms with E-state index in [9.17, 15) is 14.4 Å². The SMILES string of the molecule is O=C(Nc1ccc(Cl)cc1)C(=O)Nc1cc2c3c(c1)CCN3C(=O)CC2. The third-order valence-electron chi connectivity index (χ3n) is 4.62. The molecule has 0 spiro atoms.